The third-order valence-electron chi connectivity index (χ3n) is 5.32. The van der Waals surface area contributed by atoms with Gasteiger partial charge in [-0.3, -0.25) is 0 Å². The molecule has 19 heavy (non-hydrogen) atoms. The molecule has 0 aliphatic heterocycles. The lowest BCUT2D eigenvalue weighted by Crippen LogP contribution is -2.39. The second kappa shape index (κ2) is 6.09. The lowest BCUT2D eigenvalue weighted by molar-refractivity contribution is 0.139. The Bertz CT molecular complexity index is 386. The Morgan fingerprint density at radius 3 is 2.47 bits per heavy atom. The highest BCUT2D eigenvalue weighted by Gasteiger charge is 2.32. The zero-order valence-electron chi connectivity index (χ0n) is 12.1. The van der Waals surface area contributed by atoms with Crippen LogP contribution in [0.4, 0.5) is 0 Å². The predicted octanol–water partition coefficient (Wildman–Crippen LogP) is 4.70. The van der Waals surface area contributed by atoms with E-state index in [-0.39, 0.29) is 0 Å². The van der Waals surface area contributed by atoms with Crippen LogP contribution in [-0.2, 0) is 0 Å². The molecule has 0 spiro atoms. The smallest absolute Gasteiger partial charge is 0.0294 e. The number of rotatable bonds is 3. The van der Waals surface area contributed by atoms with Crippen molar-refractivity contribution in [3.05, 3.63) is 35.9 Å². The molecule has 2 aliphatic carbocycles. The van der Waals surface area contributed by atoms with Crippen LogP contribution in [0.5, 0.6) is 0 Å². The molecule has 4 atom stereocenters. The molecule has 1 aromatic rings. The Morgan fingerprint density at radius 2 is 1.68 bits per heavy atom. The third kappa shape index (κ3) is 3.20. The summed E-state index contributed by atoms with van der Waals surface area (Å²) in [5.74, 6) is 2.07. The molecule has 104 valence electrons. The monoisotopic (exact) mass is 257 g/mol. The van der Waals surface area contributed by atoms with Crippen LogP contribution in [0.15, 0.2) is 30.3 Å². The summed E-state index contributed by atoms with van der Waals surface area (Å²) in [4.78, 5) is 0. The van der Waals surface area contributed by atoms with Gasteiger partial charge in [0.05, 0.1) is 0 Å². The summed E-state index contributed by atoms with van der Waals surface area (Å²) < 4.78 is 0. The summed E-state index contributed by atoms with van der Waals surface area (Å²) in [7, 11) is 0. The lowest BCUT2D eigenvalue weighted by atomic mass is 9.69. The van der Waals surface area contributed by atoms with Crippen molar-refractivity contribution in [2.24, 2.45) is 11.8 Å². The van der Waals surface area contributed by atoms with Crippen LogP contribution < -0.4 is 5.32 Å². The van der Waals surface area contributed by atoms with Crippen molar-refractivity contribution in [1.29, 1.82) is 0 Å². The molecule has 0 amide bonds. The van der Waals surface area contributed by atoms with Crippen LogP contribution in [0.1, 0.15) is 63.5 Å². The van der Waals surface area contributed by atoms with E-state index in [4.69, 9.17) is 0 Å². The van der Waals surface area contributed by atoms with Gasteiger partial charge in [0.1, 0.15) is 0 Å². The quantitative estimate of drug-likeness (QED) is 0.828. The van der Waals surface area contributed by atoms with E-state index in [9.17, 15) is 0 Å². The van der Waals surface area contributed by atoms with Crippen LogP contribution >= 0.6 is 0 Å². The van der Waals surface area contributed by atoms with Crippen LogP contribution in [0.25, 0.3) is 0 Å². The first-order chi connectivity index (χ1) is 9.33. The van der Waals surface area contributed by atoms with Crippen molar-refractivity contribution in [1.82, 2.24) is 5.32 Å². The average molecular weight is 257 g/mol. The molecule has 0 bridgehead atoms. The first-order valence-electron chi connectivity index (χ1n) is 8.14. The fourth-order valence-corrected chi connectivity index (χ4v) is 4.22. The minimum atomic E-state index is 0.492. The maximum atomic E-state index is 3.87. The number of nitrogens with one attached hydrogen (secondary N) is 1. The van der Waals surface area contributed by atoms with Gasteiger partial charge in [0.15, 0.2) is 0 Å². The van der Waals surface area contributed by atoms with Crippen molar-refractivity contribution in [3.8, 4) is 0 Å². The first kappa shape index (κ1) is 13.2. The van der Waals surface area contributed by atoms with Crippen molar-refractivity contribution in [2.75, 3.05) is 0 Å². The SMILES string of the molecule is CC(NC1CCC2CCCCC2C1)c1ccccc1. The molecular formula is C18H27N. The molecule has 1 nitrogen and oxygen atoms in total. The largest absolute Gasteiger partial charge is 0.307 e. The third-order valence-corrected chi connectivity index (χ3v) is 5.32. The minimum Gasteiger partial charge on any atom is -0.307 e. The van der Waals surface area contributed by atoms with Gasteiger partial charge in [0, 0.05) is 12.1 Å². The average Bonchev–Trinajstić information content (AvgIpc) is 2.48. The Hall–Kier alpha value is -0.820. The van der Waals surface area contributed by atoms with E-state index >= 15 is 0 Å². The molecule has 2 fully saturated rings. The molecule has 2 aliphatic rings. The van der Waals surface area contributed by atoms with E-state index in [1.165, 1.54) is 50.5 Å². The minimum absolute atomic E-state index is 0.492. The van der Waals surface area contributed by atoms with Gasteiger partial charge in [-0.1, -0.05) is 56.0 Å². The Labute approximate surface area is 117 Å². The van der Waals surface area contributed by atoms with Gasteiger partial charge >= 0.3 is 0 Å². The Kier molecular flexibility index (Phi) is 4.22. The van der Waals surface area contributed by atoms with E-state index in [1.54, 1.807) is 0 Å². The summed E-state index contributed by atoms with van der Waals surface area (Å²) in [6, 6.07) is 12.1. The number of hydrogen-bond donors (Lipinski definition) is 1. The lowest BCUT2D eigenvalue weighted by Gasteiger charge is -2.40. The topological polar surface area (TPSA) is 12.0 Å². The molecule has 0 radical (unpaired) electrons. The van der Waals surface area contributed by atoms with E-state index in [2.05, 4.69) is 42.6 Å². The van der Waals surface area contributed by atoms with Gasteiger partial charge in [-0.05, 0) is 43.6 Å². The standard InChI is InChI=1S/C18H27N/c1-14(15-7-3-2-4-8-15)19-18-12-11-16-9-5-6-10-17(16)13-18/h2-4,7-8,14,16-19H,5-6,9-13H2,1H3. The van der Waals surface area contributed by atoms with E-state index in [1.807, 2.05) is 0 Å². The highest BCUT2D eigenvalue weighted by Crippen LogP contribution is 2.40. The van der Waals surface area contributed by atoms with E-state index in [0.717, 1.165) is 17.9 Å². The van der Waals surface area contributed by atoms with E-state index in [0.29, 0.717) is 6.04 Å². The van der Waals surface area contributed by atoms with Gasteiger partial charge in [-0.15, -0.1) is 0 Å². The second-order valence-corrected chi connectivity index (χ2v) is 6.61. The molecular weight excluding hydrogens is 230 g/mol. The Balaban J connectivity index is 1.56. The summed E-state index contributed by atoms with van der Waals surface area (Å²) in [5.41, 5.74) is 1.42. The molecule has 1 aromatic carbocycles. The highest BCUT2D eigenvalue weighted by molar-refractivity contribution is 5.18. The molecule has 0 saturated heterocycles. The summed E-state index contributed by atoms with van der Waals surface area (Å²) >= 11 is 0. The van der Waals surface area contributed by atoms with Crippen molar-refractivity contribution >= 4 is 0 Å². The second-order valence-electron chi connectivity index (χ2n) is 6.61. The fraction of sp³-hybridized carbons (Fsp3) is 0.667. The molecule has 0 aromatic heterocycles. The molecule has 1 heteroatoms. The maximum absolute atomic E-state index is 3.87. The zero-order valence-corrected chi connectivity index (χ0v) is 12.1. The Morgan fingerprint density at radius 1 is 0.947 bits per heavy atom. The summed E-state index contributed by atoms with van der Waals surface area (Å²) in [6.45, 7) is 2.31. The summed E-state index contributed by atoms with van der Waals surface area (Å²) in [5, 5.41) is 3.87. The van der Waals surface area contributed by atoms with Crippen LogP contribution in [0.3, 0.4) is 0 Å². The van der Waals surface area contributed by atoms with Gasteiger partial charge in [0.25, 0.3) is 0 Å². The highest BCUT2D eigenvalue weighted by atomic mass is 14.9. The van der Waals surface area contributed by atoms with Gasteiger partial charge in [-0.2, -0.15) is 0 Å². The van der Waals surface area contributed by atoms with Gasteiger partial charge < -0.3 is 5.32 Å². The normalized spacial score (nSPS) is 32.6. The van der Waals surface area contributed by atoms with E-state index < -0.39 is 0 Å². The summed E-state index contributed by atoms with van der Waals surface area (Å²) in [6.07, 6.45) is 10.2. The predicted molar refractivity (Wildman–Crippen MR) is 81.1 cm³/mol. The number of benzene rings is 1. The van der Waals surface area contributed by atoms with Crippen LogP contribution in [-0.4, -0.2) is 6.04 Å². The van der Waals surface area contributed by atoms with Crippen LogP contribution in [0.2, 0.25) is 0 Å². The van der Waals surface area contributed by atoms with Crippen molar-refractivity contribution in [2.45, 2.75) is 64.0 Å². The van der Waals surface area contributed by atoms with Crippen molar-refractivity contribution < 1.29 is 0 Å². The first-order valence-corrected chi connectivity index (χ1v) is 8.14. The molecule has 4 unspecified atom stereocenters. The van der Waals surface area contributed by atoms with Gasteiger partial charge in [0.2, 0.25) is 0 Å². The molecule has 0 heterocycles. The maximum Gasteiger partial charge on any atom is 0.0294 e. The molecule has 1 N–H and O–H groups in total. The molecule has 3 rings (SSSR count). The number of fused-ring (bicyclic) bond motifs is 1. The fourth-order valence-electron chi connectivity index (χ4n) is 4.22. The zero-order chi connectivity index (χ0) is 13.1. The number of hydrogen-bond acceptors (Lipinski definition) is 1. The molecule has 2 saturated carbocycles. The van der Waals surface area contributed by atoms with Crippen molar-refractivity contribution in [3.63, 3.8) is 0 Å². The van der Waals surface area contributed by atoms with Gasteiger partial charge in [-0.25, -0.2) is 0 Å². The van der Waals surface area contributed by atoms with Crippen LogP contribution in [0, 0.1) is 11.8 Å².